The van der Waals surface area contributed by atoms with E-state index in [2.05, 4.69) is 19.2 Å². The van der Waals surface area contributed by atoms with Crippen LogP contribution < -0.4 is 5.32 Å². The maximum atomic E-state index is 3.68. The van der Waals surface area contributed by atoms with Crippen molar-refractivity contribution in [1.82, 2.24) is 5.32 Å². The average Bonchev–Trinajstić information content (AvgIpc) is 2.15. The molecule has 1 nitrogen and oxygen atoms in total. The minimum Gasteiger partial charge on any atom is -0.314 e. The Morgan fingerprint density at radius 1 is 1.13 bits per heavy atom. The van der Waals surface area contributed by atoms with Crippen molar-refractivity contribution < 1.29 is 0 Å². The predicted octanol–water partition coefficient (Wildman–Crippen LogP) is 4.13. The van der Waals surface area contributed by atoms with E-state index in [0.29, 0.717) is 0 Å². The smallest absolute Gasteiger partial charge is 0.00388 e. The van der Waals surface area contributed by atoms with Crippen LogP contribution in [0.5, 0.6) is 0 Å². The second-order valence-electron chi connectivity index (χ2n) is 5.31. The molecular weight excluding hydrogens is 182 g/mol. The third-order valence-corrected chi connectivity index (χ3v) is 3.72. The van der Waals surface area contributed by atoms with Crippen molar-refractivity contribution in [3.05, 3.63) is 0 Å². The lowest BCUT2D eigenvalue weighted by molar-refractivity contribution is 0.288. The highest BCUT2D eigenvalue weighted by atomic mass is 14.9. The van der Waals surface area contributed by atoms with Gasteiger partial charge in [-0.25, -0.2) is 0 Å². The third-order valence-electron chi connectivity index (χ3n) is 3.72. The van der Waals surface area contributed by atoms with E-state index < -0.39 is 0 Å². The molecule has 0 heterocycles. The van der Waals surface area contributed by atoms with Crippen molar-refractivity contribution >= 4 is 0 Å². The molecule has 0 aliphatic heterocycles. The summed E-state index contributed by atoms with van der Waals surface area (Å²) in [6.45, 7) is 5.90. The molecule has 1 atom stereocenters. The Balaban J connectivity index is 1.82. The molecule has 15 heavy (non-hydrogen) atoms. The lowest BCUT2D eigenvalue weighted by Crippen LogP contribution is -2.33. The molecule has 1 rings (SSSR count). The van der Waals surface area contributed by atoms with Crippen molar-refractivity contribution in [2.75, 3.05) is 6.54 Å². The summed E-state index contributed by atoms with van der Waals surface area (Å²) in [5.74, 6) is 1.01. The summed E-state index contributed by atoms with van der Waals surface area (Å²) in [6.07, 6.45) is 12.8. The lowest BCUT2D eigenvalue weighted by Gasteiger charge is -2.27. The highest BCUT2D eigenvalue weighted by molar-refractivity contribution is 4.73. The number of nitrogens with one attached hydrogen (secondary N) is 1. The number of hydrogen-bond donors (Lipinski definition) is 1. The first-order valence-electron chi connectivity index (χ1n) is 7.06. The SMILES string of the molecule is CCCCCCCC(C)NCC1CCC1. The van der Waals surface area contributed by atoms with Gasteiger partial charge in [-0.3, -0.25) is 0 Å². The van der Waals surface area contributed by atoms with Gasteiger partial charge < -0.3 is 5.32 Å². The van der Waals surface area contributed by atoms with Crippen LogP contribution in [0.1, 0.15) is 71.6 Å². The summed E-state index contributed by atoms with van der Waals surface area (Å²) < 4.78 is 0. The molecule has 0 saturated heterocycles. The van der Waals surface area contributed by atoms with Crippen LogP contribution in [-0.2, 0) is 0 Å². The molecule has 90 valence electrons. The number of hydrogen-bond acceptors (Lipinski definition) is 1. The Labute approximate surface area is 96.0 Å². The fourth-order valence-corrected chi connectivity index (χ4v) is 2.22. The number of unbranched alkanes of at least 4 members (excludes halogenated alkanes) is 4. The minimum atomic E-state index is 0.743. The average molecular weight is 211 g/mol. The predicted molar refractivity (Wildman–Crippen MR) is 68.2 cm³/mol. The van der Waals surface area contributed by atoms with Crippen molar-refractivity contribution in [2.45, 2.75) is 77.7 Å². The van der Waals surface area contributed by atoms with Crippen molar-refractivity contribution in [3.63, 3.8) is 0 Å². The van der Waals surface area contributed by atoms with Gasteiger partial charge >= 0.3 is 0 Å². The number of rotatable bonds is 9. The monoisotopic (exact) mass is 211 g/mol. The van der Waals surface area contributed by atoms with Crippen LogP contribution in [-0.4, -0.2) is 12.6 Å². The van der Waals surface area contributed by atoms with E-state index >= 15 is 0 Å². The van der Waals surface area contributed by atoms with Gasteiger partial charge in [0.25, 0.3) is 0 Å². The van der Waals surface area contributed by atoms with Gasteiger partial charge in [-0.05, 0) is 38.6 Å². The zero-order valence-electron chi connectivity index (χ0n) is 10.7. The molecule has 0 aromatic heterocycles. The Morgan fingerprint density at radius 2 is 1.87 bits per heavy atom. The fraction of sp³-hybridized carbons (Fsp3) is 1.00. The third kappa shape index (κ3) is 6.19. The second-order valence-corrected chi connectivity index (χ2v) is 5.31. The van der Waals surface area contributed by atoms with E-state index in [1.807, 2.05) is 0 Å². The van der Waals surface area contributed by atoms with Crippen LogP contribution in [0, 0.1) is 5.92 Å². The van der Waals surface area contributed by atoms with Crippen molar-refractivity contribution in [1.29, 1.82) is 0 Å². The summed E-state index contributed by atoms with van der Waals surface area (Å²) in [4.78, 5) is 0. The first-order valence-corrected chi connectivity index (χ1v) is 7.06. The molecule has 0 aromatic carbocycles. The van der Waals surface area contributed by atoms with Gasteiger partial charge in [0.05, 0.1) is 0 Å². The molecule has 1 N–H and O–H groups in total. The molecule has 1 unspecified atom stereocenters. The molecule has 1 fully saturated rings. The van der Waals surface area contributed by atoms with Crippen LogP contribution in [0.25, 0.3) is 0 Å². The highest BCUT2D eigenvalue weighted by Gasteiger charge is 2.17. The molecule has 1 aliphatic rings. The summed E-state index contributed by atoms with van der Waals surface area (Å²) in [5.41, 5.74) is 0. The molecule has 1 aliphatic carbocycles. The van der Waals surface area contributed by atoms with E-state index in [-0.39, 0.29) is 0 Å². The maximum absolute atomic E-state index is 3.68. The van der Waals surface area contributed by atoms with Crippen LogP contribution in [0.15, 0.2) is 0 Å². The summed E-state index contributed by atoms with van der Waals surface area (Å²) >= 11 is 0. The van der Waals surface area contributed by atoms with Crippen LogP contribution in [0.4, 0.5) is 0 Å². The standard InChI is InChI=1S/C14H29N/c1-3-4-5-6-7-9-13(2)15-12-14-10-8-11-14/h13-15H,3-12H2,1-2H3. The maximum Gasteiger partial charge on any atom is 0.00388 e. The van der Waals surface area contributed by atoms with Gasteiger partial charge in [0.1, 0.15) is 0 Å². The van der Waals surface area contributed by atoms with Crippen LogP contribution in [0.2, 0.25) is 0 Å². The zero-order chi connectivity index (χ0) is 10.9. The van der Waals surface area contributed by atoms with Gasteiger partial charge in [0.15, 0.2) is 0 Å². The van der Waals surface area contributed by atoms with Crippen LogP contribution >= 0.6 is 0 Å². The van der Waals surface area contributed by atoms with E-state index in [0.717, 1.165) is 12.0 Å². The van der Waals surface area contributed by atoms with E-state index in [9.17, 15) is 0 Å². The Kier molecular flexibility index (Phi) is 7.08. The van der Waals surface area contributed by atoms with Crippen LogP contribution in [0.3, 0.4) is 0 Å². The molecular formula is C14H29N. The molecule has 0 aromatic rings. The fourth-order valence-electron chi connectivity index (χ4n) is 2.22. The van der Waals surface area contributed by atoms with Gasteiger partial charge in [-0.1, -0.05) is 45.4 Å². The normalized spacial score (nSPS) is 18.8. The van der Waals surface area contributed by atoms with E-state index in [1.54, 1.807) is 0 Å². The lowest BCUT2D eigenvalue weighted by atomic mass is 9.85. The van der Waals surface area contributed by atoms with Gasteiger partial charge in [-0.15, -0.1) is 0 Å². The molecule has 1 saturated carbocycles. The largest absolute Gasteiger partial charge is 0.314 e. The Bertz CT molecular complexity index is 140. The Hall–Kier alpha value is -0.0400. The molecule has 0 bridgehead atoms. The first kappa shape index (κ1) is 13.0. The Morgan fingerprint density at radius 3 is 2.47 bits per heavy atom. The topological polar surface area (TPSA) is 12.0 Å². The van der Waals surface area contributed by atoms with Gasteiger partial charge in [-0.2, -0.15) is 0 Å². The van der Waals surface area contributed by atoms with E-state index in [1.165, 1.54) is 64.3 Å². The molecule has 0 amide bonds. The molecule has 0 spiro atoms. The first-order chi connectivity index (χ1) is 7.33. The minimum absolute atomic E-state index is 0.743. The van der Waals surface area contributed by atoms with Gasteiger partial charge in [0.2, 0.25) is 0 Å². The van der Waals surface area contributed by atoms with Crippen molar-refractivity contribution in [2.24, 2.45) is 5.92 Å². The quantitative estimate of drug-likeness (QED) is 0.566. The second kappa shape index (κ2) is 8.15. The summed E-state index contributed by atoms with van der Waals surface area (Å²) in [7, 11) is 0. The zero-order valence-corrected chi connectivity index (χ0v) is 10.7. The van der Waals surface area contributed by atoms with Gasteiger partial charge in [0, 0.05) is 6.04 Å². The molecule has 0 radical (unpaired) electrons. The highest BCUT2D eigenvalue weighted by Crippen LogP contribution is 2.25. The summed E-state index contributed by atoms with van der Waals surface area (Å²) in [6, 6.07) is 0.743. The van der Waals surface area contributed by atoms with Crippen molar-refractivity contribution in [3.8, 4) is 0 Å². The molecule has 1 heteroatoms. The van der Waals surface area contributed by atoms with E-state index in [4.69, 9.17) is 0 Å². The summed E-state index contributed by atoms with van der Waals surface area (Å²) in [5, 5.41) is 3.68.